The van der Waals surface area contributed by atoms with E-state index >= 15 is 0 Å². The van der Waals surface area contributed by atoms with Crippen molar-refractivity contribution < 1.29 is 19.4 Å². The first-order valence-corrected chi connectivity index (χ1v) is 3.66. The molecule has 0 unspecified atom stereocenters. The molecular formula is C7H12O4. The minimum atomic E-state index is -1.06. The number of aliphatic carboxylic acids is 1. The zero-order valence-corrected chi connectivity index (χ0v) is 6.50. The van der Waals surface area contributed by atoms with Crippen LogP contribution >= 0.6 is 0 Å². The summed E-state index contributed by atoms with van der Waals surface area (Å²) in [5.41, 5.74) is -1.06. The molecule has 1 rings (SSSR count). The third-order valence-corrected chi connectivity index (χ3v) is 1.80. The van der Waals surface area contributed by atoms with Gasteiger partial charge in [-0.15, -0.1) is 0 Å². The van der Waals surface area contributed by atoms with Gasteiger partial charge in [-0.05, 0) is 6.92 Å². The van der Waals surface area contributed by atoms with Crippen molar-refractivity contribution >= 4 is 5.97 Å². The summed E-state index contributed by atoms with van der Waals surface area (Å²) < 4.78 is 10.1. The van der Waals surface area contributed by atoms with Crippen LogP contribution in [0.3, 0.4) is 0 Å². The predicted octanol–water partition coefficient (Wildman–Crippen LogP) is 0.267. The highest BCUT2D eigenvalue weighted by atomic mass is 16.6. The van der Waals surface area contributed by atoms with Gasteiger partial charge in [-0.1, -0.05) is 0 Å². The van der Waals surface area contributed by atoms with Gasteiger partial charge >= 0.3 is 5.97 Å². The molecule has 0 bridgehead atoms. The topological polar surface area (TPSA) is 55.8 Å². The van der Waals surface area contributed by atoms with Crippen LogP contribution < -0.4 is 0 Å². The molecule has 1 atom stereocenters. The van der Waals surface area contributed by atoms with Gasteiger partial charge in [0.25, 0.3) is 0 Å². The molecule has 11 heavy (non-hydrogen) atoms. The van der Waals surface area contributed by atoms with Crippen LogP contribution in [0.1, 0.15) is 13.3 Å². The first kappa shape index (κ1) is 8.49. The maximum Gasteiger partial charge on any atom is 0.338 e. The van der Waals surface area contributed by atoms with Crippen LogP contribution in [0, 0.1) is 0 Å². The van der Waals surface area contributed by atoms with Gasteiger partial charge in [-0.2, -0.15) is 0 Å². The van der Waals surface area contributed by atoms with Crippen LogP contribution in [0.4, 0.5) is 0 Å². The van der Waals surface area contributed by atoms with E-state index in [0.717, 1.165) is 0 Å². The molecule has 0 spiro atoms. The molecule has 0 saturated carbocycles. The summed E-state index contributed by atoms with van der Waals surface area (Å²) in [5, 5.41) is 8.79. The van der Waals surface area contributed by atoms with Crippen molar-refractivity contribution in [2.45, 2.75) is 18.9 Å². The van der Waals surface area contributed by atoms with E-state index in [4.69, 9.17) is 14.6 Å². The number of ether oxygens (including phenoxy) is 2. The first-order chi connectivity index (χ1) is 5.21. The Balaban J connectivity index is 2.62. The van der Waals surface area contributed by atoms with E-state index in [2.05, 4.69) is 0 Å². The van der Waals surface area contributed by atoms with Gasteiger partial charge in [0.15, 0.2) is 5.60 Å². The quantitative estimate of drug-likeness (QED) is 0.643. The average molecular weight is 160 g/mol. The Morgan fingerprint density at radius 1 is 1.82 bits per heavy atom. The third kappa shape index (κ3) is 1.52. The third-order valence-electron chi connectivity index (χ3n) is 1.80. The summed E-state index contributed by atoms with van der Waals surface area (Å²) in [7, 11) is 0. The summed E-state index contributed by atoms with van der Waals surface area (Å²) >= 11 is 0. The van der Waals surface area contributed by atoms with Gasteiger partial charge in [0.1, 0.15) is 0 Å². The van der Waals surface area contributed by atoms with Crippen LogP contribution in [0.15, 0.2) is 0 Å². The fourth-order valence-corrected chi connectivity index (χ4v) is 1.17. The van der Waals surface area contributed by atoms with E-state index in [1.165, 1.54) is 0 Å². The Hall–Kier alpha value is -0.610. The van der Waals surface area contributed by atoms with Crippen LogP contribution in [0.5, 0.6) is 0 Å². The van der Waals surface area contributed by atoms with Crippen molar-refractivity contribution in [2.75, 3.05) is 19.8 Å². The minimum absolute atomic E-state index is 0.177. The number of carbonyl (C=O) groups is 1. The van der Waals surface area contributed by atoms with E-state index in [-0.39, 0.29) is 6.61 Å². The zero-order chi connectivity index (χ0) is 8.32. The highest BCUT2D eigenvalue weighted by Crippen LogP contribution is 2.23. The van der Waals surface area contributed by atoms with E-state index in [1.807, 2.05) is 0 Å². The lowest BCUT2D eigenvalue weighted by molar-refractivity contribution is -0.165. The highest BCUT2D eigenvalue weighted by Gasteiger charge is 2.43. The molecule has 0 amide bonds. The molecule has 4 nitrogen and oxygen atoms in total. The molecule has 0 aliphatic carbocycles. The molecule has 64 valence electrons. The van der Waals surface area contributed by atoms with Crippen molar-refractivity contribution in [3.63, 3.8) is 0 Å². The molecule has 4 heteroatoms. The lowest BCUT2D eigenvalue weighted by Crippen LogP contribution is -2.42. The Bertz CT molecular complexity index is 149. The maximum atomic E-state index is 10.7. The Morgan fingerprint density at radius 2 is 2.55 bits per heavy atom. The molecule has 1 saturated heterocycles. The SMILES string of the molecule is CCO[C@]1(C(=O)O)CCOC1. The van der Waals surface area contributed by atoms with Gasteiger partial charge in [0.05, 0.1) is 13.2 Å². The molecule has 0 radical (unpaired) electrons. The van der Waals surface area contributed by atoms with Gasteiger partial charge in [-0.25, -0.2) is 4.79 Å². The van der Waals surface area contributed by atoms with Gasteiger partial charge in [0, 0.05) is 13.0 Å². The average Bonchev–Trinajstić information content (AvgIpc) is 2.38. The van der Waals surface area contributed by atoms with Crippen LogP contribution in [0.2, 0.25) is 0 Å². The molecule has 1 N–H and O–H groups in total. The van der Waals surface area contributed by atoms with Crippen LogP contribution in [-0.2, 0) is 14.3 Å². The second kappa shape index (κ2) is 3.19. The van der Waals surface area contributed by atoms with Crippen LogP contribution in [0.25, 0.3) is 0 Å². The fraction of sp³-hybridized carbons (Fsp3) is 0.857. The summed E-state index contributed by atoms with van der Waals surface area (Å²) in [6.45, 7) is 2.85. The number of carboxylic acid groups (broad SMARTS) is 1. The summed E-state index contributed by atoms with van der Waals surface area (Å²) in [5.74, 6) is -0.920. The zero-order valence-electron chi connectivity index (χ0n) is 6.50. The van der Waals surface area contributed by atoms with Gasteiger partial charge in [-0.3, -0.25) is 0 Å². The second-order valence-electron chi connectivity index (χ2n) is 2.54. The van der Waals surface area contributed by atoms with Gasteiger partial charge < -0.3 is 14.6 Å². The first-order valence-electron chi connectivity index (χ1n) is 3.66. The largest absolute Gasteiger partial charge is 0.479 e. The summed E-state index contributed by atoms with van der Waals surface area (Å²) in [6, 6.07) is 0. The lowest BCUT2D eigenvalue weighted by atomic mass is 10.0. The van der Waals surface area contributed by atoms with E-state index in [1.54, 1.807) is 6.92 Å². The fourth-order valence-electron chi connectivity index (χ4n) is 1.17. The van der Waals surface area contributed by atoms with Crippen molar-refractivity contribution in [1.82, 2.24) is 0 Å². The van der Waals surface area contributed by atoms with Crippen molar-refractivity contribution in [1.29, 1.82) is 0 Å². The Labute approximate surface area is 65.1 Å². The molecule has 0 aromatic carbocycles. The normalized spacial score (nSPS) is 30.6. The molecule has 1 heterocycles. The van der Waals surface area contributed by atoms with E-state index in [0.29, 0.717) is 19.6 Å². The Kier molecular flexibility index (Phi) is 2.46. The molecule has 1 fully saturated rings. The molecule has 1 aliphatic heterocycles. The standard InChI is InChI=1S/C7H12O4/c1-2-11-7(6(8)9)3-4-10-5-7/h2-5H2,1H3,(H,8,9)/t7-/m1/s1. The number of carboxylic acids is 1. The number of rotatable bonds is 3. The second-order valence-corrected chi connectivity index (χ2v) is 2.54. The number of hydrogen-bond donors (Lipinski definition) is 1. The van der Waals surface area contributed by atoms with E-state index < -0.39 is 11.6 Å². The van der Waals surface area contributed by atoms with E-state index in [9.17, 15) is 4.79 Å². The van der Waals surface area contributed by atoms with Crippen molar-refractivity contribution in [2.24, 2.45) is 0 Å². The lowest BCUT2D eigenvalue weighted by Gasteiger charge is -2.21. The molecular weight excluding hydrogens is 148 g/mol. The molecule has 0 aromatic heterocycles. The summed E-state index contributed by atoms with van der Waals surface area (Å²) in [4.78, 5) is 10.7. The Morgan fingerprint density at radius 3 is 2.91 bits per heavy atom. The predicted molar refractivity (Wildman–Crippen MR) is 37.4 cm³/mol. The highest BCUT2D eigenvalue weighted by molar-refractivity contribution is 5.78. The molecule has 0 aromatic rings. The molecule has 1 aliphatic rings. The summed E-state index contributed by atoms with van der Waals surface area (Å²) in [6.07, 6.45) is 0.455. The van der Waals surface area contributed by atoms with Crippen molar-refractivity contribution in [3.8, 4) is 0 Å². The number of hydrogen-bond acceptors (Lipinski definition) is 3. The monoisotopic (exact) mass is 160 g/mol. The smallest absolute Gasteiger partial charge is 0.338 e. The van der Waals surface area contributed by atoms with Gasteiger partial charge in [0.2, 0.25) is 0 Å². The van der Waals surface area contributed by atoms with Crippen molar-refractivity contribution in [3.05, 3.63) is 0 Å². The minimum Gasteiger partial charge on any atom is -0.479 e. The maximum absolute atomic E-state index is 10.7. The van der Waals surface area contributed by atoms with Crippen LogP contribution in [-0.4, -0.2) is 36.5 Å².